The van der Waals surface area contributed by atoms with Gasteiger partial charge in [0.2, 0.25) is 0 Å². The molecule has 3 aliphatic heterocycles. The zero-order chi connectivity index (χ0) is 8.73. The Morgan fingerprint density at radius 1 is 1.15 bits per heavy atom. The molecule has 0 radical (unpaired) electrons. The molecular weight excluding hydrogens is 164 g/mol. The largest absolute Gasteiger partial charge is 0.380 e. The van der Waals surface area contributed by atoms with Crippen LogP contribution in [0.15, 0.2) is 0 Å². The highest BCUT2D eigenvalue weighted by Crippen LogP contribution is 2.39. The lowest BCUT2D eigenvalue weighted by Crippen LogP contribution is -2.68. The molecule has 0 aromatic rings. The van der Waals surface area contributed by atoms with Gasteiger partial charge in [-0.3, -0.25) is 4.90 Å². The van der Waals surface area contributed by atoms with Crippen molar-refractivity contribution >= 4 is 0 Å². The van der Waals surface area contributed by atoms with Crippen LogP contribution in [0.2, 0.25) is 0 Å². The van der Waals surface area contributed by atoms with Crippen LogP contribution in [0.5, 0.6) is 0 Å². The van der Waals surface area contributed by atoms with Crippen LogP contribution in [0.4, 0.5) is 0 Å². The van der Waals surface area contributed by atoms with Crippen molar-refractivity contribution in [2.45, 2.75) is 18.9 Å². The number of nitrogens with zero attached hydrogens (tertiary/aromatic N) is 1. The number of hydrogen-bond donors (Lipinski definition) is 1. The molecule has 0 amide bonds. The molecule has 0 unspecified atom stereocenters. The zero-order valence-corrected chi connectivity index (χ0v) is 8.09. The molecule has 3 aliphatic rings. The molecule has 3 heteroatoms. The molecule has 0 aromatic heterocycles. The summed E-state index contributed by atoms with van der Waals surface area (Å²) in [4.78, 5) is 2.66. The molecule has 3 nitrogen and oxygen atoms in total. The fourth-order valence-electron chi connectivity index (χ4n) is 2.82. The van der Waals surface area contributed by atoms with Crippen LogP contribution in [0.1, 0.15) is 12.8 Å². The number of likely N-dealkylation sites (tertiary alicyclic amines) is 1. The number of rotatable bonds is 1. The zero-order valence-electron chi connectivity index (χ0n) is 8.09. The third kappa shape index (κ3) is 1.30. The Bertz CT molecular complexity index is 189. The molecule has 74 valence electrons. The van der Waals surface area contributed by atoms with Crippen molar-refractivity contribution in [1.29, 1.82) is 0 Å². The summed E-state index contributed by atoms with van der Waals surface area (Å²) in [5, 5.41) is 3.42. The SMILES string of the molecule is C1CC(N2CC3(COC3)C2)CCN1. The molecule has 1 spiro atoms. The predicted molar refractivity (Wildman–Crippen MR) is 50.7 cm³/mol. The van der Waals surface area contributed by atoms with E-state index in [0.29, 0.717) is 5.41 Å². The van der Waals surface area contributed by atoms with Crippen molar-refractivity contribution in [2.24, 2.45) is 5.41 Å². The monoisotopic (exact) mass is 182 g/mol. The van der Waals surface area contributed by atoms with Crippen LogP contribution >= 0.6 is 0 Å². The average Bonchev–Trinajstić information content (AvgIpc) is 2.01. The first kappa shape index (κ1) is 8.21. The molecule has 3 rings (SSSR count). The summed E-state index contributed by atoms with van der Waals surface area (Å²) in [6.45, 7) is 7.08. The van der Waals surface area contributed by atoms with Gasteiger partial charge in [0.05, 0.1) is 13.2 Å². The van der Waals surface area contributed by atoms with E-state index in [9.17, 15) is 0 Å². The quantitative estimate of drug-likeness (QED) is 0.621. The second kappa shape index (κ2) is 2.94. The van der Waals surface area contributed by atoms with Crippen molar-refractivity contribution in [1.82, 2.24) is 10.2 Å². The molecule has 0 atom stereocenters. The van der Waals surface area contributed by atoms with Gasteiger partial charge in [-0.15, -0.1) is 0 Å². The van der Waals surface area contributed by atoms with Crippen molar-refractivity contribution in [3.05, 3.63) is 0 Å². The van der Waals surface area contributed by atoms with Crippen molar-refractivity contribution < 1.29 is 4.74 Å². The van der Waals surface area contributed by atoms with Crippen molar-refractivity contribution in [3.8, 4) is 0 Å². The smallest absolute Gasteiger partial charge is 0.0569 e. The number of hydrogen-bond acceptors (Lipinski definition) is 3. The molecule has 3 fully saturated rings. The lowest BCUT2D eigenvalue weighted by atomic mass is 9.76. The third-order valence-electron chi connectivity index (χ3n) is 3.72. The Morgan fingerprint density at radius 2 is 1.85 bits per heavy atom. The Hall–Kier alpha value is -0.120. The molecule has 3 saturated heterocycles. The highest BCUT2D eigenvalue weighted by molar-refractivity contribution is 5.01. The summed E-state index contributed by atoms with van der Waals surface area (Å²) in [6.07, 6.45) is 2.69. The first-order chi connectivity index (χ1) is 6.38. The number of ether oxygens (including phenoxy) is 1. The van der Waals surface area contributed by atoms with Gasteiger partial charge in [-0.25, -0.2) is 0 Å². The molecule has 0 aliphatic carbocycles. The van der Waals surface area contributed by atoms with Gasteiger partial charge in [0.15, 0.2) is 0 Å². The summed E-state index contributed by atoms with van der Waals surface area (Å²) in [5.41, 5.74) is 0.602. The Balaban J connectivity index is 1.51. The maximum Gasteiger partial charge on any atom is 0.0569 e. The fraction of sp³-hybridized carbons (Fsp3) is 1.00. The third-order valence-corrected chi connectivity index (χ3v) is 3.72. The second-order valence-electron chi connectivity index (χ2n) is 4.88. The first-order valence-corrected chi connectivity index (χ1v) is 5.41. The van der Waals surface area contributed by atoms with Crippen LogP contribution in [0.3, 0.4) is 0 Å². The van der Waals surface area contributed by atoms with E-state index < -0.39 is 0 Å². The molecule has 1 N–H and O–H groups in total. The lowest BCUT2D eigenvalue weighted by Gasteiger charge is -2.58. The molecular formula is C10H18N2O. The molecule has 0 aromatic carbocycles. The topological polar surface area (TPSA) is 24.5 Å². The molecule has 0 bridgehead atoms. The summed E-state index contributed by atoms with van der Waals surface area (Å²) in [6, 6.07) is 0.868. The van der Waals surface area contributed by atoms with Gasteiger partial charge >= 0.3 is 0 Å². The van der Waals surface area contributed by atoms with Crippen LogP contribution < -0.4 is 5.32 Å². The van der Waals surface area contributed by atoms with Crippen LogP contribution in [0.25, 0.3) is 0 Å². The number of piperidine rings is 1. The summed E-state index contributed by atoms with van der Waals surface area (Å²) < 4.78 is 5.28. The van der Waals surface area contributed by atoms with E-state index in [4.69, 9.17) is 4.74 Å². The van der Waals surface area contributed by atoms with E-state index in [1.54, 1.807) is 0 Å². The Labute approximate surface area is 79.4 Å². The molecule has 13 heavy (non-hydrogen) atoms. The van der Waals surface area contributed by atoms with Crippen LogP contribution in [-0.4, -0.2) is 50.3 Å². The van der Waals surface area contributed by atoms with Gasteiger partial charge in [-0.2, -0.15) is 0 Å². The van der Waals surface area contributed by atoms with E-state index >= 15 is 0 Å². The predicted octanol–water partition coefficient (Wildman–Crippen LogP) is 0.0706. The van der Waals surface area contributed by atoms with Crippen LogP contribution in [0, 0.1) is 5.41 Å². The summed E-state index contributed by atoms with van der Waals surface area (Å²) >= 11 is 0. The minimum absolute atomic E-state index is 0.602. The van der Waals surface area contributed by atoms with Crippen molar-refractivity contribution in [3.63, 3.8) is 0 Å². The van der Waals surface area contributed by atoms with Gasteiger partial charge in [0, 0.05) is 24.5 Å². The average molecular weight is 182 g/mol. The van der Waals surface area contributed by atoms with Crippen molar-refractivity contribution in [2.75, 3.05) is 39.4 Å². The van der Waals surface area contributed by atoms with E-state index in [0.717, 1.165) is 19.3 Å². The van der Waals surface area contributed by atoms with Gasteiger partial charge in [-0.05, 0) is 25.9 Å². The normalized spacial score (nSPS) is 34.2. The Kier molecular flexibility index (Phi) is 1.86. The summed E-state index contributed by atoms with van der Waals surface area (Å²) in [7, 11) is 0. The van der Waals surface area contributed by atoms with Gasteiger partial charge in [0.1, 0.15) is 0 Å². The fourth-order valence-corrected chi connectivity index (χ4v) is 2.82. The van der Waals surface area contributed by atoms with Gasteiger partial charge in [-0.1, -0.05) is 0 Å². The van der Waals surface area contributed by atoms with E-state index in [1.165, 1.54) is 39.0 Å². The highest BCUT2D eigenvalue weighted by Gasteiger charge is 2.50. The van der Waals surface area contributed by atoms with Crippen LogP contribution in [-0.2, 0) is 4.74 Å². The number of nitrogens with one attached hydrogen (secondary N) is 1. The maximum atomic E-state index is 5.28. The Morgan fingerprint density at radius 3 is 2.38 bits per heavy atom. The van der Waals surface area contributed by atoms with Gasteiger partial charge < -0.3 is 10.1 Å². The minimum atomic E-state index is 0.602. The van der Waals surface area contributed by atoms with Gasteiger partial charge in [0.25, 0.3) is 0 Å². The van der Waals surface area contributed by atoms with E-state index in [1.807, 2.05) is 0 Å². The lowest BCUT2D eigenvalue weighted by molar-refractivity contribution is -0.199. The van der Waals surface area contributed by atoms with E-state index in [-0.39, 0.29) is 0 Å². The standard InChI is InChI=1S/C10H18N2O/c1-3-11-4-2-9(1)12-5-10(6-12)7-13-8-10/h9,11H,1-8H2. The first-order valence-electron chi connectivity index (χ1n) is 5.41. The van der Waals surface area contributed by atoms with E-state index in [2.05, 4.69) is 10.2 Å². The highest BCUT2D eigenvalue weighted by atomic mass is 16.5. The molecule has 0 saturated carbocycles. The second-order valence-corrected chi connectivity index (χ2v) is 4.88. The molecule has 3 heterocycles. The summed E-state index contributed by atoms with van der Waals surface area (Å²) in [5.74, 6) is 0. The maximum absolute atomic E-state index is 5.28. The minimum Gasteiger partial charge on any atom is -0.380 e.